The molecule has 0 spiro atoms. The van der Waals surface area contributed by atoms with Gasteiger partial charge >= 0.3 is 0 Å². The number of nitrogens with one attached hydrogen (secondary N) is 1. The summed E-state index contributed by atoms with van der Waals surface area (Å²) in [5.41, 5.74) is 2.40. The Hall–Kier alpha value is -0.960. The minimum Gasteiger partial charge on any atom is -0.316 e. The van der Waals surface area contributed by atoms with Crippen LogP contribution in [0.1, 0.15) is 42.9 Å². The van der Waals surface area contributed by atoms with Crippen molar-refractivity contribution in [1.29, 1.82) is 0 Å². The van der Waals surface area contributed by atoms with E-state index in [4.69, 9.17) is 0 Å². The van der Waals surface area contributed by atoms with Gasteiger partial charge in [0.25, 0.3) is 0 Å². The van der Waals surface area contributed by atoms with Crippen LogP contribution in [-0.4, -0.2) is 23.1 Å². The molecule has 15 heavy (non-hydrogen) atoms. The molecule has 0 saturated carbocycles. The van der Waals surface area contributed by atoms with Gasteiger partial charge < -0.3 is 5.32 Å². The summed E-state index contributed by atoms with van der Waals surface area (Å²) in [6.45, 7) is 6.35. The fraction of sp³-hybridized carbons (Fsp3) is 0.667. The molecule has 1 aliphatic rings. The summed E-state index contributed by atoms with van der Waals surface area (Å²) in [5.74, 6) is 1.50. The third-order valence-corrected chi connectivity index (χ3v) is 2.99. The van der Waals surface area contributed by atoms with Gasteiger partial charge in [0.15, 0.2) is 0 Å². The Morgan fingerprint density at radius 3 is 3.00 bits per heavy atom. The SMILES string of the molecule is CCc1cc(C2CCCNC2)nc(C)n1. The fourth-order valence-electron chi connectivity index (χ4n) is 2.15. The molecule has 2 heterocycles. The summed E-state index contributed by atoms with van der Waals surface area (Å²) in [4.78, 5) is 8.97. The van der Waals surface area contributed by atoms with Gasteiger partial charge in [0.05, 0.1) is 0 Å². The van der Waals surface area contributed by atoms with Gasteiger partial charge in [-0.15, -0.1) is 0 Å². The normalized spacial score (nSPS) is 21.6. The largest absolute Gasteiger partial charge is 0.316 e. The molecule has 0 aliphatic carbocycles. The Labute approximate surface area is 91.3 Å². The summed E-state index contributed by atoms with van der Waals surface area (Å²) >= 11 is 0. The van der Waals surface area contributed by atoms with E-state index in [1.54, 1.807) is 0 Å². The molecule has 1 atom stereocenters. The molecule has 0 aromatic carbocycles. The van der Waals surface area contributed by atoms with Crippen molar-refractivity contribution in [1.82, 2.24) is 15.3 Å². The van der Waals surface area contributed by atoms with Crippen molar-refractivity contribution in [3.63, 3.8) is 0 Å². The summed E-state index contributed by atoms with van der Waals surface area (Å²) in [5, 5.41) is 3.43. The Morgan fingerprint density at radius 1 is 1.47 bits per heavy atom. The van der Waals surface area contributed by atoms with Crippen LogP contribution in [0.15, 0.2) is 6.07 Å². The summed E-state index contributed by atoms with van der Waals surface area (Å²) in [6, 6.07) is 2.17. The van der Waals surface area contributed by atoms with Crippen molar-refractivity contribution in [2.45, 2.75) is 39.0 Å². The van der Waals surface area contributed by atoms with Gasteiger partial charge in [-0.25, -0.2) is 9.97 Å². The molecule has 2 rings (SSSR count). The smallest absolute Gasteiger partial charge is 0.125 e. The van der Waals surface area contributed by atoms with E-state index < -0.39 is 0 Å². The van der Waals surface area contributed by atoms with Crippen LogP contribution in [0.3, 0.4) is 0 Å². The molecule has 82 valence electrons. The van der Waals surface area contributed by atoms with E-state index in [0.717, 1.165) is 25.3 Å². The van der Waals surface area contributed by atoms with Gasteiger partial charge in [0.1, 0.15) is 5.82 Å². The first-order valence-electron chi connectivity index (χ1n) is 5.84. The van der Waals surface area contributed by atoms with Gasteiger partial charge in [-0.2, -0.15) is 0 Å². The Bertz CT molecular complexity index is 330. The second-order valence-corrected chi connectivity index (χ2v) is 4.23. The van der Waals surface area contributed by atoms with Gasteiger partial charge in [-0.1, -0.05) is 6.92 Å². The van der Waals surface area contributed by atoms with Gasteiger partial charge in [-0.3, -0.25) is 0 Å². The molecule has 1 fully saturated rings. The van der Waals surface area contributed by atoms with Gasteiger partial charge in [0, 0.05) is 23.9 Å². The standard InChI is InChI=1S/C12H19N3/c1-3-11-7-12(15-9(2)14-11)10-5-4-6-13-8-10/h7,10,13H,3-6,8H2,1-2H3. The molecule has 0 bridgehead atoms. The summed E-state index contributed by atoms with van der Waals surface area (Å²) in [7, 11) is 0. The number of hydrogen-bond acceptors (Lipinski definition) is 3. The number of hydrogen-bond donors (Lipinski definition) is 1. The van der Waals surface area contributed by atoms with Crippen molar-refractivity contribution in [3.8, 4) is 0 Å². The van der Waals surface area contributed by atoms with E-state index in [-0.39, 0.29) is 0 Å². The highest BCUT2D eigenvalue weighted by Gasteiger charge is 2.17. The van der Waals surface area contributed by atoms with Crippen LogP contribution in [0, 0.1) is 6.92 Å². The molecule has 3 nitrogen and oxygen atoms in total. The van der Waals surface area contributed by atoms with Crippen molar-refractivity contribution in [2.75, 3.05) is 13.1 Å². The van der Waals surface area contributed by atoms with E-state index >= 15 is 0 Å². The topological polar surface area (TPSA) is 37.8 Å². The average molecular weight is 205 g/mol. The second kappa shape index (κ2) is 4.71. The first kappa shape index (κ1) is 10.6. The lowest BCUT2D eigenvalue weighted by atomic mass is 9.95. The lowest BCUT2D eigenvalue weighted by Crippen LogP contribution is -2.29. The van der Waals surface area contributed by atoms with Crippen LogP contribution in [0.2, 0.25) is 0 Å². The quantitative estimate of drug-likeness (QED) is 0.800. The van der Waals surface area contributed by atoms with E-state index in [1.165, 1.54) is 24.2 Å². The zero-order valence-electron chi connectivity index (χ0n) is 9.58. The monoisotopic (exact) mass is 205 g/mol. The molecular formula is C12H19N3. The zero-order chi connectivity index (χ0) is 10.7. The lowest BCUT2D eigenvalue weighted by molar-refractivity contribution is 0.453. The maximum atomic E-state index is 4.55. The van der Waals surface area contributed by atoms with Crippen LogP contribution in [0.4, 0.5) is 0 Å². The molecule has 1 aromatic heterocycles. The number of aromatic nitrogens is 2. The predicted octanol–water partition coefficient (Wildman–Crippen LogP) is 1.81. The van der Waals surface area contributed by atoms with Crippen molar-refractivity contribution in [2.24, 2.45) is 0 Å². The summed E-state index contributed by atoms with van der Waals surface area (Å²) < 4.78 is 0. The third-order valence-electron chi connectivity index (χ3n) is 2.99. The highest BCUT2D eigenvalue weighted by atomic mass is 14.9. The van der Waals surface area contributed by atoms with Crippen molar-refractivity contribution >= 4 is 0 Å². The predicted molar refractivity (Wildman–Crippen MR) is 61.0 cm³/mol. The first-order valence-corrected chi connectivity index (χ1v) is 5.84. The Morgan fingerprint density at radius 2 is 2.33 bits per heavy atom. The fourth-order valence-corrected chi connectivity index (χ4v) is 2.15. The van der Waals surface area contributed by atoms with Crippen LogP contribution in [0.5, 0.6) is 0 Å². The highest BCUT2D eigenvalue weighted by Crippen LogP contribution is 2.21. The Kier molecular flexibility index (Phi) is 3.31. The molecule has 0 amide bonds. The molecular weight excluding hydrogens is 186 g/mol. The Balaban J connectivity index is 2.22. The van der Waals surface area contributed by atoms with Gasteiger partial charge in [-0.05, 0) is 38.8 Å². The van der Waals surface area contributed by atoms with E-state index in [0.29, 0.717) is 5.92 Å². The summed E-state index contributed by atoms with van der Waals surface area (Å²) in [6.07, 6.45) is 3.51. The molecule has 0 radical (unpaired) electrons. The molecule has 1 saturated heterocycles. The lowest BCUT2D eigenvalue weighted by Gasteiger charge is -2.22. The van der Waals surface area contributed by atoms with Crippen molar-refractivity contribution in [3.05, 3.63) is 23.3 Å². The minimum atomic E-state index is 0.589. The van der Waals surface area contributed by atoms with E-state index in [9.17, 15) is 0 Å². The number of aryl methyl sites for hydroxylation is 2. The minimum absolute atomic E-state index is 0.589. The number of piperidine rings is 1. The molecule has 1 aliphatic heterocycles. The third kappa shape index (κ3) is 2.53. The number of nitrogens with zero attached hydrogens (tertiary/aromatic N) is 2. The molecule has 1 N–H and O–H groups in total. The van der Waals surface area contributed by atoms with E-state index in [2.05, 4.69) is 28.3 Å². The molecule has 1 unspecified atom stereocenters. The van der Waals surface area contributed by atoms with Crippen LogP contribution >= 0.6 is 0 Å². The average Bonchev–Trinajstić information content (AvgIpc) is 2.29. The van der Waals surface area contributed by atoms with Crippen LogP contribution < -0.4 is 5.32 Å². The second-order valence-electron chi connectivity index (χ2n) is 4.23. The van der Waals surface area contributed by atoms with Crippen molar-refractivity contribution < 1.29 is 0 Å². The maximum absolute atomic E-state index is 4.55. The zero-order valence-corrected chi connectivity index (χ0v) is 9.58. The highest BCUT2D eigenvalue weighted by molar-refractivity contribution is 5.16. The van der Waals surface area contributed by atoms with Gasteiger partial charge in [0.2, 0.25) is 0 Å². The van der Waals surface area contributed by atoms with E-state index in [1.807, 2.05) is 6.92 Å². The van der Waals surface area contributed by atoms with Crippen LogP contribution in [0.25, 0.3) is 0 Å². The number of rotatable bonds is 2. The maximum Gasteiger partial charge on any atom is 0.125 e. The molecule has 1 aromatic rings. The first-order chi connectivity index (χ1) is 7.29. The van der Waals surface area contributed by atoms with Crippen LogP contribution in [-0.2, 0) is 6.42 Å². The molecule has 3 heteroatoms.